The van der Waals surface area contributed by atoms with E-state index in [0.717, 1.165) is 24.0 Å². The van der Waals surface area contributed by atoms with Crippen LogP contribution in [0.15, 0.2) is 154 Å². The van der Waals surface area contributed by atoms with Crippen LogP contribution in [0.25, 0.3) is 74.3 Å². The monoisotopic (exact) mass is 2130 g/mol. The van der Waals surface area contributed by atoms with Gasteiger partial charge in [0.2, 0.25) is 30.1 Å². The number of anilines is 2. The number of halogens is 12. The molecule has 0 radical (unpaired) electrons. The predicted molar refractivity (Wildman–Crippen MR) is 459 cm³/mol. The molecule has 20 nitrogen and oxygen atoms in total. The second-order valence-corrected chi connectivity index (χ2v) is 41.7. The fourth-order valence-corrected chi connectivity index (χ4v) is 23.3. The maximum absolute atomic E-state index is 15.5. The molecule has 3 saturated carbocycles. The molecule has 0 saturated heterocycles. The molecule has 113 heavy (non-hydrogen) atoms. The molecule has 0 amide bonds. The fourth-order valence-electron chi connectivity index (χ4n) is 13.3. The van der Waals surface area contributed by atoms with Gasteiger partial charge in [-0.15, -0.1) is 58.5 Å². The van der Waals surface area contributed by atoms with Crippen LogP contribution in [0, 0.1) is 60.8 Å². The van der Waals surface area contributed by atoms with Gasteiger partial charge in [-0.3, -0.25) is 18.6 Å². The summed E-state index contributed by atoms with van der Waals surface area (Å²) in [7, 11) is -12.0. The van der Waals surface area contributed by atoms with E-state index in [0.29, 0.717) is 83.9 Å². The smallest absolute Gasteiger partial charge is 0.347 e. The first-order valence-corrected chi connectivity index (χ1v) is 46.0. The lowest BCUT2D eigenvalue weighted by Crippen LogP contribution is -2.37. The second-order valence-electron chi connectivity index (χ2n) is 26.8. The van der Waals surface area contributed by atoms with E-state index in [-0.39, 0.29) is 109 Å². The van der Waals surface area contributed by atoms with Crippen molar-refractivity contribution < 1.29 is 70.6 Å². The summed E-state index contributed by atoms with van der Waals surface area (Å²) in [5.41, 5.74) is 5.12. The molecule has 3 aliphatic rings. The number of imidazole rings is 2. The Morgan fingerprint density at radius 3 is 1.33 bits per heavy atom. The molecule has 5 N–H and O–H groups in total. The van der Waals surface area contributed by atoms with Crippen molar-refractivity contribution in [1.29, 1.82) is 0 Å². The Morgan fingerprint density at radius 1 is 0.513 bits per heavy atom. The molecule has 0 spiro atoms. The lowest BCUT2D eigenvalue weighted by molar-refractivity contribution is 0.0858. The van der Waals surface area contributed by atoms with Gasteiger partial charge < -0.3 is 15.2 Å². The number of nitrogens with one attached hydrogen (secondary N) is 3. The van der Waals surface area contributed by atoms with E-state index in [9.17, 15) is 61.9 Å². The van der Waals surface area contributed by atoms with Gasteiger partial charge in [0.1, 0.15) is 56.4 Å². The number of hydrogen-bond acceptors (Lipinski definition) is 18. The first-order valence-electron chi connectivity index (χ1n) is 33.7. The van der Waals surface area contributed by atoms with Crippen LogP contribution in [0.2, 0.25) is 0 Å². The SMILES string of the molecule is C=CCC1(S(=O)(=O)Nc2cc3scnc3c(F)c2Cc2ccc(I)cc2F)CC1.C=CCC1(S(=O)(=O)n2c(=O)n(-c3ccc(I)cc3F)c3c(F)c4ncsc4cc32)CC1.O=S(=O)(Nc1cc2scnc2c(F)c1Cc1ccc(I)cc1F)C1(CC(O)CO)CC1.O=c1[nH]c2cc3scnc3c(F)c2n1-c1ccc(I)cc1F. The highest BCUT2D eigenvalue weighted by atomic mass is 127. The van der Waals surface area contributed by atoms with Gasteiger partial charge in [0.15, 0.2) is 23.3 Å². The highest BCUT2D eigenvalue weighted by molar-refractivity contribution is 14.1. The number of fused-ring (bicyclic) bond motifs is 6. The third-order valence-electron chi connectivity index (χ3n) is 19.6. The Labute approximate surface area is 707 Å². The summed E-state index contributed by atoms with van der Waals surface area (Å²) in [6.45, 7) is 6.72. The molecule has 14 aromatic rings. The number of aromatic nitrogens is 8. The van der Waals surface area contributed by atoms with Gasteiger partial charge in [0, 0.05) is 38.2 Å². The Hall–Kier alpha value is -6.93. The van der Waals surface area contributed by atoms with Crippen LogP contribution in [-0.4, -0.2) is 100 Å². The van der Waals surface area contributed by atoms with Crippen LogP contribution in [-0.2, 0) is 42.9 Å². The minimum absolute atomic E-state index is 0.000546. The van der Waals surface area contributed by atoms with Crippen molar-refractivity contribution in [2.75, 3.05) is 16.1 Å². The molecule has 6 aromatic heterocycles. The molecule has 0 bridgehead atoms. The number of hydrogen-bond donors (Lipinski definition) is 5. The Balaban J connectivity index is 0.000000126. The predicted octanol–water partition coefficient (Wildman–Crippen LogP) is 17.8. The molecular weight excluding hydrogens is 2070 g/mol. The first-order chi connectivity index (χ1) is 53.7. The van der Waals surface area contributed by atoms with E-state index < -0.39 is 115 Å². The normalized spacial score (nSPS) is 15.0. The average molecular weight is 2130 g/mol. The quantitative estimate of drug-likeness (QED) is 0.0254. The topological polar surface area (TPSA) is 283 Å². The van der Waals surface area contributed by atoms with Crippen molar-refractivity contribution in [3.05, 3.63) is 248 Å². The number of aliphatic hydroxyl groups is 2. The molecule has 588 valence electrons. The van der Waals surface area contributed by atoms with Gasteiger partial charge in [-0.25, -0.2) is 89.9 Å². The van der Waals surface area contributed by atoms with Crippen molar-refractivity contribution in [3.63, 3.8) is 0 Å². The Morgan fingerprint density at radius 2 is 0.903 bits per heavy atom. The minimum Gasteiger partial charge on any atom is -0.394 e. The molecule has 17 rings (SSSR count). The zero-order chi connectivity index (χ0) is 80.8. The summed E-state index contributed by atoms with van der Waals surface area (Å²) in [6, 6.07) is 23.9. The summed E-state index contributed by atoms with van der Waals surface area (Å²) < 4.78 is 207. The maximum Gasteiger partial charge on any atom is 0.347 e. The lowest BCUT2D eigenvalue weighted by Gasteiger charge is -2.21. The number of allylic oxidation sites excluding steroid dienone is 2. The number of H-pyrrole nitrogens is 1. The molecule has 3 fully saturated rings. The van der Waals surface area contributed by atoms with Gasteiger partial charge in [-0.1, -0.05) is 24.3 Å². The minimum atomic E-state index is -4.22. The molecular formula is C74H56F8I4N10O10S7. The molecule has 3 aliphatic carbocycles. The average Bonchev–Trinajstić information content (AvgIpc) is 1.53. The zero-order valence-corrected chi connectivity index (χ0v) is 72.2. The van der Waals surface area contributed by atoms with Gasteiger partial charge in [-0.05, 0) is 244 Å². The van der Waals surface area contributed by atoms with E-state index in [1.807, 2.05) is 90.4 Å². The fraction of sp³-hybridized carbons (Fsp3) is 0.216. The van der Waals surface area contributed by atoms with Crippen LogP contribution < -0.4 is 20.8 Å². The van der Waals surface area contributed by atoms with E-state index in [4.69, 9.17) is 5.11 Å². The summed E-state index contributed by atoms with van der Waals surface area (Å²) in [4.78, 5) is 44.2. The van der Waals surface area contributed by atoms with Crippen LogP contribution in [0.1, 0.15) is 80.0 Å². The highest BCUT2D eigenvalue weighted by Gasteiger charge is 2.57. The van der Waals surface area contributed by atoms with E-state index in [2.05, 4.69) is 47.5 Å². The first kappa shape index (κ1) is 82.6. The van der Waals surface area contributed by atoms with Crippen molar-refractivity contribution in [3.8, 4) is 11.4 Å². The lowest BCUT2D eigenvalue weighted by atomic mass is 10.0. The Bertz CT molecular complexity index is 6720. The van der Waals surface area contributed by atoms with Gasteiger partial charge in [-0.2, -0.15) is 3.97 Å². The maximum atomic E-state index is 15.5. The number of sulfonamides is 2. The van der Waals surface area contributed by atoms with Crippen molar-refractivity contribution >= 4 is 240 Å². The molecule has 1 unspecified atom stereocenters. The van der Waals surface area contributed by atoms with E-state index >= 15 is 13.2 Å². The van der Waals surface area contributed by atoms with Gasteiger partial charge >= 0.3 is 11.4 Å². The summed E-state index contributed by atoms with van der Waals surface area (Å²) in [5, 5.41) is 18.9. The van der Waals surface area contributed by atoms with Crippen LogP contribution in [0.5, 0.6) is 0 Å². The number of rotatable bonds is 21. The van der Waals surface area contributed by atoms with Crippen LogP contribution in [0.4, 0.5) is 46.5 Å². The third kappa shape index (κ3) is 15.8. The number of aromatic amines is 1. The number of nitrogens with zero attached hydrogens (tertiary/aromatic N) is 7. The number of benzene rings is 8. The van der Waals surface area contributed by atoms with Crippen LogP contribution in [0.3, 0.4) is 0 Å². The van der Waals surface area contributed by atoms with Crippen molar-refractivity contribution in [2.24, 2.45) is 0 Å². The summed E-state index contributed by atoms with van der Waals surface area (Å²) in [5.74, 6) is -5.17. The van der Waals surface area contributed by atoms with Crippen LogP contribution >= 0.6 is 136 Å². The Kier molecular flexibility index (Phi) is 23.5. The van der Waals surface area contributed by atoms with Gasteiger partial charge in [0.05, 0.1) is 102 Å². The van der Waals surface area contributed by atoms with Crippen molar-refractivity contribution in [1.82, 2.24) is 38.0 Å². The highest BCUT2D eigenvalue weighted by Crippen LogP contribution is 2.51. The molecule has 8 aromatic carbocycles. The molecule has 1 atom stereocenters. The van der Waals surface area contributed by atoms with Crippen molar-refractivity contribution in [2.45, 2.75) is 91.0 Å². The number of thiazole rings is 4. The summed E-state index contributed by atoms with van der Waals surface area (Å²) >= 11 is 12.6. The molecule has 0 aliphatic heterocycles. The van der Waals surface area contributed by atoms with E-state index in [1.165, 1.54) is 111 Å². The van der Waals surface area contributed by atoms with E-state index in [1.54, 1.807) is 54.6 Å². The largest absolute Gasteiger partial charge is 0.394 e. The molecule has 6 heterocycles. The standard InChI is InChI=1S/C20H14F2IN3O3S2.C20H19F2IN2O4S2.C20H17F2IN2O2S2.C14H6F2IN3OS/c1-2-5-20(6-7-20)31(28,29)26-14-9-15-17(24-10-30-15)16(22)18(14)25(19(26)27)13-4-3-11(23)8-12(13)21;21-15-6-12(23)2-1-11(15)5-14-16(7-17-19(18(14)22)24-10-30-17)25-31(28,29)20(3-4-20)8-13(27)9-26;1-2-5-20(6-7-20)29(26,27)25-16-10-17-19(24-11-28-17)18(22)14(16)8-12-3-4-13(23)9-15(12)21;15-7-3-6(17)1-2-9(7)20-13-8(19-14(20)21)4-10-12(11(13)16)18-5-22-10/h2-4,8-10H,1,5-7H2;1-2,6-7,10,13,25-27H,3-5,8-9H2;2-4,9-11,25H,1,5-8H2;1-5H,(H,19,21). The zero-order valence-electron chi connectivity index (χ0n) is 57.9. The summed E-state index contributed by atoms with van der Waals surface area (Å²) in [6.07, 6.45) is 4.47. The third-order valence-corrected chi connectivity index (χ3v) is 32.3. The second kappa shape index (κ2) is 32.2. The van der Waals surface area contributed by atoms with Gasteiger partial charge in [0.25, 0.3) is 0 Å². The number of aliphatic hydroxyl groups excluding tert-OH is 2. The molecule has 39 heteroatoms.